The quantitative estimate of drug-likeness (QED) is 0.114. The monoisotopic (exact) mass is 752 g/mol. The molecule has 53 heavy (non-hydrogen) atoms. The van der Waals surface area contributed by atoms with Crippen molar-refractivity contribution >= 4 is 39.6 Å². The maximum Gasteiger partial charge on any atom is 0.315 e. The molecule has 4 N–H and O–H groups in total. The minimum Gasteiger partial charge on any atom is -0.346 e. The van der Waals surface area contributed by atoms with Crippen LogP contribution in [0.5, 0.6) is 0 Å². The Morgan fingerprint density at radius 3 is 2.32 bits per heavy atom. The Balaban J connectivity index is 1.62. The summed E-state index contributed by atoms with van der Waals surface area (Å²) >= 11 is 0. The van der Waals surface area contributed by atoms with E-state index in [0.717, 1.165) is 24.0 Å². The first-order valence-electron chi connectivity index (χ1n) is 18.6. The second kappa shape index (κ2) is 17.7. The number of ketones is 1. The molecule has 3 aliphatic rings. The number of hydrogen-bond acceptors (Lipinski definition) is 7. The molecule has 6 atom stereocenters. The van der Waals surface area contributed by atoms with Crippen LogP contribution in [0.25, 0.3) is 0 Å². The average Bonchev–Trinajstić information content (AvgIpc) is 3.85. The predicted molar refractivity (Wildman–Crippen MR) is 203 cm³/mol. The third-order valence-corrected chi connectivity index (χ3v) is 12.8. The molecular weight excluding hydrogens is 697 g/mol. The number of likely N-dealkylation sites (tertiary alicyclic amines) is 1. The van der Waals surface area contributed by atoms with E-state index in [9.17, 15) is 32.4 Å². The van der Waals surface area contributed by atoms with Crippen molar-refractivity contribution in [2.45, 2.75) is 96.8 Å². The van der Waals surface area contributed by atoms with Crippen LogP contribution in [0, 0.1) is 35.5 Å². The van der Waals surface area contributed by atoms with Gasteiger partial charge in [-0.3, -0.25) is 19.2 Å². The second-order valence-corrected chi connectivity index (χ2v) is 18.0. The number of benzene rings is 1. The summed E-state index contributed by atoms with van der Waals surface area (Å²) in [6.45, 7) is 11.2. The smallest absolute Gasteiger partial charge is 0.315 e. The van der Waals surface area contributed by atoms with Gasteiger partial charge < -0.3 is 26.2 Å². The molecule has 4 rings (SSSR count). The highest BCUT2D eigenvalue weighted by atomic mass is 32.2. The third-order valence-electron chi connectivity index (χ3n) is 11.0. The molecule has 14 heteroatoms. The van der Waals surface area contributed by atoms with Gasteiger partial charge >= 0.3 is 6.03 Å². The number of urea groups is 1. The summed E-state index contributed by atoms with van der Waals surface area (Å²) < 4.78 is 26.4. The Labute approximate surface area is 314 Å². The maximum absolute atomic E-state index is 14.9. The fourth-order valence-corrected chi connectivity index (χ4v) is 8.71. The minimum atomic E-state index is -3.53. The topological polar surface area (TPSA) is 174 Å². The van der Waals surface area contributed by atoms with Crippen LogP contribution < -0.4 is 21.3 Å². The van der Waals surface area contributed by atoms with Gasteiger partial charge in [0.2, 0.25) is 27.6 Å². The Morgan fingerprint density at radius 1 is 1.08 bits per heavy atom. The van der Waals surface area contributed by atoms with Crippen LogP contribution in [0.3, 0.4) is 0 Å². The number of terminal acetylenes is 1. The molecule has 2 aliphatic carbocycles. The lowest BCUT2D eigenvalue weighted by molar-refractivity contribution is -0.144. The first-order chi connectivity index (χ1) is 25.0. The fraction of sp³-hybridized carbons (Fsp3) is 0.615. The normalized spacial score (nSPS) is 21.5. The lowest BCUT2D eigenvalue weighted by Crippen LogP contribution is -2.61. The molecule has 0 aromatic heterocycles. The van der Waals surface area contributed by atoms with Crippen LogP contribution in [0.15, 0.2) is 36.9 Å². The predicted octanol–water partition coefficient (Wildman–Crippen LogP) is 2.16. The summed E-state index contributed by atoms with van der Waals surface area (Å²) in [6.07, 6.45) is 10.6. The second-order valence-electron chi connectivity index (χ2n) is 15.6. The van der Waals surface area contributed by atoms with Gasteiger partial charge in [-0.2, -0.15) is 0 Å². The van der Waals surface area contributed by atoms with Gasteiger partial charge in [0.1, 0.15) is 12.1 Å². The van der Waals surface area contributed by atoms with Gasteiger partial charge in [-0.1, -0.05) is 57.5 Å². The standard InChI is InChI=1S/C39H56N6O7S/c1-8-11-19-30(34(46)36(48)40-20-9-2)41-35(47)33-29-18-14-17-27(29)23-45(33)37(49)32(28-21-25-15-12-13-16-26(25)22-28)43-38(50)42-31(39(4,5)6)24-44(7)53(51,52)10-3/h1,9,12-13,15-16,27-33H,2,10-11,14,17-24H2,3-7H3,(H,40,48)(H,41,47)(H2,42,43,50)/t27-,29-,30?,31+,32-,33-/m0/s1. The molecule has 290 valence electrons. The summed E-state index contributed by atoms with van der Waals surface area (Å²) in [6, 6.07) is 3.54. The summed E-state index contributed by atoms with van der Waals surface area (Å²) in [5.41, 5.74) is 1.62. The highest BCUT2D eigenvalue weighted by Crippen LogP contribution is 2.43. The zero-order valence-electron chi connectivity index (χ0n) is 31.7. The zero-order valence-corrected chi connectivity index (χ0v) is 32.5. The number of nitrogens with zero attached hydrogens (tertiary/aromatic N) is 2. The molecule has 13 nitrogen and oxygen atoms in total. The SMILES string of the molecule is C#CCCC(NC(=O)[C@@H]1[C@H]2CCC[C@H]2CN1C(=O)[C@@H](NC(=O)N[C@H](CN(C)S(=O)(=O)CC)C(C)(C)C)C1Cc2ccccc2C1)C(=O)C(=O)NCC=C. The highest BCUT2D eigenvalue weighted by molar-refractivity contribution is 7.89. The molecule has 1 aromatic rings. The van der Waals surface area contributed by atoms with Crippen molar-refractivity contribution in [3.63, 3.8) is 0 Å². The molecule has 1 heterocycles. The number of nitrogens with one attached hydrogen (secondary N) is 4. The van der Waals surface area contributed by atoms with Crippen molar-refractivity contribution in [2.75, 3.05) is 32.4 Å². The molecule has 1 aromatic carbocycles. The van der Waals surface area contributed by atoms with Gasteiger partial charge in [-0.15, -0.1) is 18.9 Å². The van der Waals surface area contributed by atoms with E-state index in [2.05, 4.69) is 33.8 Å². The maximum atomic E-state index is 14.9. The van der Waals surface area contributed by atoms with E-state index >= 15 is 0 Å². The van der Waals surface area contributed by atoms with Gasteiger partial charge in [-0.05, 0) is 73.3 Å². The lowest BCUT2D eigenvalue weighted by atomic mass is 9.86. The molecular formula is C39H56N6O7S. The average molecular weight is 753 g/mol. The third kappa shape index (κ3) is 10.1. The molecule has 5 amide bonds. The first-order valence-corrected chi connectivity index (χ1v) is 20.2. The number of carbonyl (C=O) groups is 5. The van der Waals surface area contributed by atoms with Crippen LogP contribution in [-0.2, 0) is 42.0 Å². The molecule has 1 unspecified atom stereocenters. The zero-order chi connectivity index (χ0) is 39.1. The van der Waals surface area contributed by atoms with Gasteiger partial charge in [0.15, 0.2) is 0 Å². The summed E-state index contributed by atoms with van der Waals surface area (Å²) in [7, 11) is -2.05. The van der Waals surface area contributed by atoms with Gasteiger partial charge in [0.25, 0.3) is 5.91 Å². The van der Waals surface area contributed by atoms with E-state index < -0.39 is 69.1 Å². The minimum absolute atomic E-state index is 0.0312. The first kappa shape index (κ1) is 41.5. The van der Waals surface area contributed by atoms with E-state index in [1.807, 2.05) is 45.0 Å². The number of Topliss-reactive ketones (excluding diaryl/α,β-unsaturated/α-hetero) is 1. The molecule has 0 bridgehead atoms. The van der Waals surface area contributed by atoms with Crippen LogP contribution in [0.4, 0.5) is 4.79 Å². The van der Waals surface area contributed by atoms with E-state index in [4.69, 9.17) is 6.42 Å². The van der Waals surface area contributed by atoms with E-state index in [1.165, 1.54) is 17.4 Å². The van der Waals surface area contributed by atoms with Crippen molar-refractivity contribution < 1.29 is 32.4 Å². The summed E-state index contributed by atoms with van der Waals surface area (Å²) in [4.78, 5) is 70.3. The summed E-state index contributed by atoms with van der Waals surface area (Å²) in [5.74, 6) is -0.677. The van der Waals surface area contributed by atoms with E-state index in [-0.39, 0.29) is 49.4 Å². The van der Waals surface area contributed by atoms with Crippen molar-refractivity contribution in [3.05, 3.63) is 48.0 Å². The van der Waals surface area contributed by atoms with Crippen molar-refractivity contribution in [3.8, 4) is 12.3 Å². The number of amides is 5. The van der Waals surface area contributed by atoms with Crippen LogP contribution in [-0.4, -0.2) is 104 Å². The fourth-order valence-electron chi connectivity index (χ4n) is 7.89. The lowest BCUT2D eigenvalue weighted by Gasteiger charge is -2.36. The van der Waals surface area contributed by atoms with Crippen molar-refractivity contribution in [2.24, 2.45) is 23.2 Å². The Kier molecular flexibility index (Phi) is 13.9. The number of fused-ring (bicyclic) bond motifs is 2. The van der Waals surface area contributed by atoms with Gasteiger partial charge in [0, 0.05) is 39.1 Å². The number of hydrogen-bond donors (Lipinski definition) is 4. The number of likely N-dealkylation sites (N-methyl/N-ethyl adjacent to an activating group) is 1. The Morgan fingerprint density at radius 2 is 1.74 bits per heavy atom. The Hall–Kier alpha value is -4.22. The number of carbonyl (C=O) groups excluding carboxylic acids is 5. The van der Waals surface area contributed by atoms with E-state index in [1.54, 1.807) is 11.8 Å². The number of sulfonamides is 1. The molecule has 0 radical (unpaired) electrons. The Bertz CT molecular complexity index is 1670. The van der Waals surface area contributed by atoms with Crippen LogP contribution in [0.2, 0.25) is 0 Å². The van der Waals surface area contributed by atoms with E-state index in [0.29, 0.717) is 25.8 Å². The summed E-state index contributed by atoms with van der Waals surface area (Å²) in [5, 5.41) is 11.2. The van der Waals surface area contributed by atoms with Crippen molar-refractivity contribution in [1.82, 2.24) is 30.5 Å². The molecule has 0 spiro atoms. The molecule has 1 saturated heterocycles. The molecule has 2 fully saturated rings. The van der Waals surface area contributed by atoms with Gasteiger partial charge in [-0.25, -0.2) is 17.5 Å². The number of rotatable bonds is 16. The van der Waals surface area contributed by atoms with Gasteiger partial charge in [0.05, 0.1) is 11.8 Å². The largest absolute Gasteiger partial charge is 0.346 e. The molecule has 1 aliphatic heterocycles. The van der Waals surface area contributed by atoms with Crippen LogP contribution in [0.1, 0.15) is 70.9 Å². The van der Waals surface area contributed by atoms with Crippen molar-refractivity contribution in [1.29, 1.82) is 0 Å². The highest BCUT2D eigenvalue weighted by Gasteiger charge is 2.52. The molecule has 1 saturated carbocycles. The van der Waals surface area contributed by atoms with Crippen LogP contribution >= 0.6 is 0 Å².